The molecule has 3 aromatic carbocycles. The summed E-state index contributed by atoms with van der Waals surface area (Å²) in [6.45, 7) is 51.4. The number of aromatic hydroxyl groups is 3. The minimum atomic E-state index is -0.455. The molecule has 0 saturated carbocycles. The maximum atomic E-state index is 11.7. The van der Waals surface area contributed by atoms with Crippen molar-refractivity contribution in [1.29, 1.82) is 0 Å². The summed E-state index contributed by atoms with van der Waals surface area (Å²) >= 11 is 0. The van der Waals surface area contributed by atoms with Crippen molar-refractivity contribution in [2.24, 2.45) is 11.3 Å². The smallest absolute Gasteiger partial charge is 0.123 e. The predicted molar refractivity (Wildman–Crippen MR) is 250 cm³/mol. The first-order valence-electron chi connectivity index (χ1n) is 21.7. The summed E-state index contributed by atoms with van der Waals surface area (Å²) in [7, 11) is 0. The Bertz CT molecular complexity index is 2000. The molecule has 4 rings (SSSR count). The third kappa shape index (κ3) is 9.61. The molecule has 58 heavy (non-hydrogen) atoms. The van der Waals surface area contributed by atoms with Crippen molar-refractivity contribution >= 4 is 0 Å². The highest BCUT2D eigenvalue weighted by atomic mass is 16.3. The minimum Gasteiger partial charge on any atom is -0.507 e. The molecule has 0 bridgehead atoms. The van der Waals surface area contributed by atoms with E-state index in [1.54, 1.807) is 0 Å². The van der Waals surface area contributed by atoms with E-state index in [-0.39, 0.29) is 38.4 Å². The first kappa shape index (κ1) is 47.2. The van der Waals surface area contributed by atoms with Gasteiger partial charge in [0.2, 0.25) is 0 Å². The van der Waals surface area contributed by atoms with Gasteiger partial charge in [-0.3, -0.25) is 0 Å². The van der Waals surface area contributed by atoms with Crippen LogP contribution in [0, 0.1) is 18.3 Å². The third-order valence-corrected chi connectivity index (χ3v) is 12.9. The molecule has 3 heteroatoms. The Labute approximate surface area is 355 Å². The maximum Gasteiger partial charge on any atom is 0.123 e. The fourth-order valence-electron chi connectivity index (χ4n) is 9.27. The number of hydrogen-bond acceptors (Lipinski definition) is 3. The summed E-state index contributed by atoms with van der Waals surface area (Å²) in [5.74, 6) is 1.29. The Hall–Kier alpha value is -3.46. The van der Waals surface area contributed by atoms with Gasteiger partial charge in [0.25, 0.3) is 0 Å². The van der Waals surface area contributed by atoms with E-state index in [4.69, 9.17) is 6.92 Å². The van der Waals surface area contributed by atoms with E-state index in [0.29, 0.717) is 17.2 Å². The van der Waals surface area contributed by atoms with E-state index in [1.165, 1.54) is 39.0 Å². The largest absolute Gasteiger partial charge is 0.507 e. The van der Waals surface area contributed by atoms with Crippen LogP contribution in [0.5, 0.6) is 17.2 Å². The zero-order valence-electron chi connectivity index (χ0n) is 40.7. The first-order valence-corrected chi connectivity index (χ1v) is 21.7. The van der Waals surface area contributed by atoms with Gasteiger partial charge < -0.3 is 15.3 Å². The fourth-order valence-corrected chi connectivity index (χ4v) is 9.27. The van der Waals surface area contributed by atoms with Crippen LogP contribution in [0.3, 0.4) is 0 Å². The molecule has 0 heterocycles. The highest BCUT2D eigenvalue weighted by Crippen LogP contribution is 2.52. The van der Waals surface area contributed by atoms with Crippen molar-refractivity contribution in [3.8, 4) is 17.2 Å². The van der Waals surface area contributed by atoms with Gasteiger partial charge in [-0.15, -0.1) is 0 Å². The molecule has 1 aliphatic carbocycles. The molecule has 319 valence electrons. The van der Waals surface area contributed by atoms with E-state index in [1.807, 2.05) is 0 Å². The Morgan fingerprint density at radius 3 is 1.00 bits per heavy atom. The summed E-state index contributed by atoms with van der Waals surface area (Å²) in [5.41, 5.74) is 12.9. The van der Waals surface area contributed by atoms with Crippen molar-refractivity contribution in [3.05, 3.63) is 116 Å². The maximum absolute atomic E-state index is 11.7. The molecule has 3 aromatic rings. The van der Waals surface area contributed by atoms with Gasteiger partial charge in [-0.2, -0.15) is 0 Å². The summed E-state index contributed by atoms with van der Waals surface area (Å²) < 4.78 is 0. The molecule has 0 saturated heterocycles. The minimum absolute atomic E-state index is 0.0777. The van der Waals surface area contributed by atoms with Gasteiger partial charge in [-0.25, -0.2) is 0 Å². The third-order valence-electron chi connectivity index (χ3n) is 12.9. The van der Waals surface area contributed by atoms with E-state index < -0.39 is 5.41 Å². The number of phenolic OH excluding ortho intramolecular Hbond substituents is 3. The van der Waals surface area contributed by atoms with E-state index in [0.717, 1.165) is 52.6 Å². The monoisotopic (exact) mass is 790 g/mol. The number of phenols is 3. The van der Waals surface area contributed by atoms with Crippen molar-refractivity contribution in [3.63, 3.8) is 0 Å². The molecular weight excluding hydrogens is 709 g/mol. The molecule has 1 aliphatic rings. The summed E-state index contributed by atoms with van der Waals surface area (Å²) in [4.78, 5) is 0. The predicted octanol–water partition coefficient (Wildman–Crippen LogP) is 14.7. The first-order chi connectivity index (χ1) is 25.9. The molecule has 0 spiro atoms. The average Bonchev–Trinajstić information content (AvgIpc) is 3.02. The van der Waals surface area contributed by atoms with Crippen molar-refractivity contribution in [1.82, 2.24) is 0 Å². The lowest BCUT2D eigenvalue weighted by atomic mass is 9.60. The van der Waals surface area contributed by atoms with Crippen LogP contribution in [0.1, 0.15) is 195 Å². The van der Waals surface area contributed by atoms with Gasteiger partial charge in [0.15, 0.2) is 0 Å². The van der Waals surface area contributed by atoms with Crippen LogP contribution in [0.25, 0.3) is 0 Å². The van der Waals surface area contributed by atoms with Crippen molar-refractivity contribution in [2.75, 3.05) is 0 Å². The molecule has 2 unspecified atom stereocenters. The zero-order valence-corrected chi connectivity index (χ0v) is 40.7. The van der Waals surface area contributed by atoms with Gasteiger partial charge in [-0.05, 0) is 145 Å². The topological polar surface area (TPSA) is 60.7 Å². The summed E-state index contributed by atoms with van der Waals surface area (Å²) in [5, 5.41) is 35.0. The summed E-state index contributed by atoms with van der Waals surface area (Å²) in [6.07, 6.45) is 2.24. The van der Waals surface area contributed by atoms with Gasteiger partial charge in [-0.1, -0.05) is 179 Å². The normalized spacial score (nSPS) is 17.4. The zero-order chi connectivity index (χ0) is 44.7. The van der Waals surface area contributed by atoms with E-state index in [9.17, 15) is 15.3 Å². The SMILES string of the molecule is [CH2]C1(C)C(Cc2cc(C(C)(C)C)c(O)c(C(C)(C)C)c2)=C(C)C(Cc2cc(C(C)(C)C)c(O)c(C(C)(C)C)c2)=C(C)C1Cc1cc(C(C)(C)C)c(O)c(C(C)(C)C)c1. The van der Waals surface area contributed by atoms with Gasteiger partial charge in [0.1, 0.15) is 17.2 Å². The average molecular weight is 790 g/mol. The van der Waals surface area contributed by atoms with Crippen molar-refractivity contribution in [2.45, 2.75) is 197 Å². The Kier molecular flexibility index (Phi) is 12.4. The molecule has 2 atom stereocenters. The van der Waals surface area contributed by atoms with Crippen LogP contribution >= 0.6 is 0 Å². The van der Waals surface area contributed by atoms with Crippen molar-refractivity contribution < 1.29 is 15.3 Å². The molecule has 3 N–H and O–H groups in total. The number of allylic oxidation sites excluding steroid dienone is 4. The number of benzene rings is 3. The number of hydrogen-bond donors (Lipinski definition) is 3. The van der Waals surface area contributed by atoms with E-state index in [2.05, 4.69) is 182 Å². The molecule has 0 aromatic heterocycles. The molecule has 0 aliphatic heterocycles. The standard InChI is InChI=1S/C55H81O3/c1-32-37(23-34-26-40(49(3,4)5)46(56)41(27-34)50(6,7)8)33(2)39(25-36-30-44(53(15,16)17)48(58)45(31-36)54(18,19)20)55(21,22)38(32)24-35-28-42(51(9,10)11)47(57)43(29-35)52(12,13)14/h26-31,38,56-58H,21,23-25H2,1-20,22H3. The molecule has 1 radical (unpaired) electrons. The van der Waals surface area contributed by atoms with Crippen LogP contribution in [-0.4, -0.2) is 15.3 Å². The quantitative estimate of drug-likeness (QED) is 0.233. The fraction of sp³-hybridized carbons (Fsp3) is 0.582. The second-order valence-corrected chi connectivity index (χ2v) is 24.4. The Morgan fingerprint density at radius 1 is 0.466 bits per heavy atom. The van der Waals surface area contributed by atoms with Gasteiger partial charge in [0, 0.05) is 0 Å². The molecule has 0 fully saturated rings. The Balaban J connectivity index is 2.07. The lowest BCUT2D eigenvalue weighted by Gasteiger charge is -2.45. The van der Waals surface area contributed by atoms with Crippen LogP contribution in [0.4, 0.5) is 0 Å². The van der Waals surface area contributed by atoms with Gasteiger partial charge >= 0.3 is 0 Å². The van der Waals surface area contributed by atoms with Crippen LogP contribution < -0.4 is 0 Å². The van der Waals surface area contributed by atoms with Crippen LogP contribution in [0.15, 0.2) is 58.7 Å². The van der Waals surface area contributed by atoms with Crippen LogP contribution in [-0.2, 0) is 51.8 Å². The summed E-state index contributed by atoms with van der Waals surface area (Å²) in [6, 6.07) is 13.4. The molecular formula is C55H81O3. The highest BCUT2D eigenvalue weighted by molar-refractivity contribution is 5.57. The Morgan fingerprint density at radius 2 is 0.724 bits per heavy atom. The van der Waals surface area contributed by atoms with Crippen LogP contribution in [0.2, 0.25) is 0 Å². The number of rotatable bonds is 6. The second-order valence-electron chi connectivity index (χ2n) is 24.4. The molecule has 3 nitrogen and oxygen atoms in total. The lowest BCUT2D eigenvalue weighted by molar-refractivity contribution is 0.325. The van der Waals surface area contributed by atoms with Gasteiger partial charge in [0.05, 0.1) is 0 Å². The highest BCUT2D eigenvalue weighted by Gasteiger charge is 2.42. The van der Waals surface area contributed by atoms with E-state index >= 15 is 0 Å². The lowest BCUT2D eigenvalue weighted by Crippen LogP contribution is -2.35. The second kappa shape index (κ2) is 15.2. The molecule has 0 amide bonds.